The molecule has 7 heteroatoms. The summed E-state index contributed by atoms with van der Waals surface area (Å²) in [4.78, 5) is 0.149. The molecule has 0 unspecified atom stereocenters. The first-order valence-electron chi connectivity index (χ1n) is 6.16. The van der Waals surface area contributed by atoms with Crippen LogP contribution in [0.25, 0.3) is 0 Å². The number of rotatable bonds is 4. The molecule has 6 nitrogen and oxygen atoms in total. The van der Waals surface area contributed by atoms with Gasteiger partial charge in [0, 0.05) is 6.42 Å². The third kappa shape index (κ3) is 3.80. The van der Waals surface area contributed by atoms with Crippen LogP contribution in [-0.2, 0) is 16.4 Å². The van der Waals surface area contributed by atoms with Crippen molar-refractivity contribution < 1.29 is 12.8 Å². The molecule has 0 spiro atoms. The van der Waals surface area contributed by atoms with Crippen LogP contribution in [0.3, 0.4) is 0 Å². The maximum absolute atomic E-state index is 12.1. The lowest BCUT2D eigenvalue weighted by Crippen LogP contribution is -2.13. The highest BCUT2D eigenvalue weighted by Gasteiger charge is 2.20. The Morgan fingerprint density at radius 2 is 1.80 bits per heavy atom. The fourth-order valence-corrected chi connectivity index (χ4v) is 2.54. The van der Waals surface area contributed by atoms with Crippen LogP contribution in [0.1, 0.15) is 26.7 Å². The van der Waals surface area contributed by atoms with Crippen molar-refractivity contribution >= 4 is 16.0 Å². The molecule has 2 rings (SSSR count). The lowest BCUT2D eigenvalue weighted by Gasteiger charge is -2.14. The molecule has 0 aliphatic rings. The monoisotopic (exact) mass is 295 g/mol. The van der Waals surface area contributed by atoms with Crippen LogP contribution in [0.5, 0.6) is 0 Å². The van der Waals surface area contributed by atoms with Gasteiger partial charge >= 0.3 is 6.01 Å². The van der Waals surface area contributed by atoms with E-state index in [1.165, 1.54) is 12.1 Å². The summed E-state index contributed by atoms with van der Waals surface area (Å²) in [7, 11) is -3.69. The van der Waals surface area contributed by atoms with Gasteiger partial charge in [-0.1, -0.05) is 44.1 Å². The summed E-state index contributed by atoms with van der Waals surface area (Å²) >= 11 is 0. The predicted octanol–water partition coefficient (Wildman–Crippen LogP) is 2.46. The molecule has 0 saturated heterocycles. The van der Waals surface area contributed by atoms with Gasteiger partial charge < -0.3 is 4.42 Å². The van der Waals surface area contributed by atoms with E-state index in [2.05, 4.69) is 14.9 Å². The zero-order chi connectivity index (χ0) is 14.8. The SMILES string of the molecule is CC(C)(C)Cc1nnc(NS(=O)(=O)c2ccccc2)o1. The average molecular weight is 295 g/mol. The second-order valence-corrected chi connectivity index (χ2v) is 7.34. The van der Waals surface area contributed by atoms with Gasteiger partial charge in [0.25, 0.3) is 10.0 Å². The molecule has 0 aliphatic carbocycles. The highest BCUT2D eigenvalue weighted by Crippen LogP contribution is 2.21. The van der Waals surface area contributed by atoms with E-state index in [9.17, 15) is 8.42 Å². The number of hydrogen-bond donors (Lipinski definition) is 1. The fraction of sp³-hybridized carbons (Fsp3) is 0.385. The van der Waals surface area contributed by atoms with Crippen LogP contribution in [0, 0.1) is 5.41 Å². The Labute approximate surface area is 118 Å². The molecule has 20 heavy (non-hydrogen) atoms. The first-order chi connectivity index (χ1) is 9.26. The highest BCUT2D eigenvalue weighted by atomic mass is 32.2. The minimum absolute atomic E-state index is 0.0118. The first kappa shape index (κ1) is 14.5. The van der Waals surface area contributed by atoms with E-state index in [1.807, 2.05) is 20.8 Å². The minimum atomic E-state index is -3.69. The van der Waals surface area contributed by atoms with Gasteiger partial charge in [-0.2, -0.15) is 0 Å². The quantitative estimate of drug-likeness (QED) is 0.936. The molecule has 1 heterocycles. The Kier molecular flexibility index (Phi) is 3.80. The number of benzene rings is 1. The van der Waals surface area contributed by atoms with Crippen LogP contribution in [0.15, 0.2) is 39.6 Å². The van der Waals surface area contributed by atoms with Crippen molar-refractivity contribution in [3.05, 3.63) is 36.2 Å². The Balaban J connectivity index is 2.15. The summed E-state index contributed by atoms with van der Waals surface area (Å²) in [5.74, 6) is 0.406. The molecule has 1 aromatic carbocycles. The molecule has 0 amide bonds. The summed E-state index contributed by atoms with van der Waals surface area (Å²) < 4.78 is 31.7. The number of hydrogen-bond acceptors (Lipinski definition) is 5. The van der Waals surface area contributed by atoms with E-state index >= 15 is 0 Å². The van der Waals surface area contributed by atoms with Gasteiger partial charge in [-0.05, 0) is 17.5 Å². The molecule has 1 aromatic heterocycles. The number of nitrogens with zero attached hydrogens (tertiary/aromatic N) is 2. The Morgan fingerprint density at radius 1 is 1.15 bits per heavy atom. The topological polar surface area (TPSA) is 85.1 Å². The van der Waals surface area contributed by atoms with Gasteiger partial charge in [0.1, 0.15) is 0 Å². The number of anilines is 1. The molecule has 1 N–H and O–H groups in total. The minimum Gasteiger partial charge on any atom is -0.407 e. The van der Waals surface area contributed by atoms with Crippen LogP contribution < -0.4 is 4.72 Å². The second kappa shape index (κ2) is 5.24. The van der Waals surface area contributed by atoms with E-state index in [0.29, 0.717) is 12.3 Å². The lowest BCUT2D eigenvalue weighted by atomic mass is 9.92. The van der Waals surface area contributed by atoms with Crippen LogP contribution >= 0.6 is 0 Å². The molecular weight excluding hydrogens is 278 g/mol. The molecule has 0 atom stereocenters. The summed E-state index contributed by atoms with van der Waals surface area (Å²) in [5.41, 5.74) is -0.0118. The van der Waals surface area contributed by atoms with Gasteiger partial charge in [0.2, 0.25) is 5.89 Å². The molecule has 0 aliphatic heterocycles. The number of sulfonamides is 1. The molecule has 0 bridgehead atoms. The summed E-state index contributed by atoms with van der Waals surface area (Å²) in [5, 5.41) is 7.54. The largest absolute Gasteiger partial charge is 0.407 e. The zero-order valence-corrected chi connectivity index (χ0v) is 12.4. The molecular formula is C13H17N3O3S. The van der Waals surface area contributed by atoms with Crippen LogP contribution in [0.2, 0.25) is 0 Å². The second-order valence-electron chi connectivity index (χ2n) is 5.66. The molecule has 0 saturated carbocycles. The Bertz CT molecular complexity index is 672. The third-order valence-corrected chi connectivity index (χ3v) is 3.76. The van der Waals surface area contributed by atoms with Gasteiger partial charge in [0.05, 0.1) is 4.90 Å². The normalized spacial score (nSPS) is 12.3. The average Bonchev–Trinajstić information content (AvgIpc) is 2.74. The van der Waals surface area contributed by atoms with Crippen LogP contribution in [0.4, 0.5) is 6.01 Å². The van der Waals surface area contributed by atoms with Crippen molar-refractivity contribution in [1.29, 1.82) is 0 Å². The Morgan fingerprint density at radius 3 is 2.40 bits per heavy atom. The van der Waals surface area contributed by atoms with E-state index < -0.39 is 10.0 Å². The number of nitrogens with one attached hydrogen (secondary N) is 1. The first-order valence-corrected chi connectivity index (χ1v) is 7.65. The van der Waals surface area contributed by atoms with Gasteiger partial charge in [0.15, 0.2) is 0 Å². The van der Waals surface area contributed by atoms with Crippen molar-refractivity contribution in [2.24, 2.45) is 5.41 Å². The summed E-state index contributed by atoms with van der Waals surface area (Å²) in [6.07, 6.45) is 0.576. The fourth-order valence-electron chi connectivity index (χ4n) is 1.59. The predicted molar refractivity (Wildman–Crippen MR) is 74.7 cm³/mol. The zero-order valence-electron chi connectivity index (χ0n) is 11.6. The maximum Gasteiger partial charge on any atom is 0.329 e. The van der Waals surface area contributed by atoms with E-state index in [-0.39, 0.29) is 16.3 Å². The lowest BCUT2D eigenvalue weighted by molar-refractivity contribution is 0.358. The Hall–Kier alpha value is -1.89. The molecule has 2 aromatic rings. The van der Waals surface area contributed by atoms with Gasteiger partial charge in [-0.25, -0.2) is 13.1 Å². The van der Waals surface area contributed by atoms with E-state index in [4.69, 9.17) is 4.42 Å². The summed E-state index contributed by atoms with van der Waals surface area (Å²) in [6.45, 7) is 6.10. The van der Waals surface area contributed by atoms with Crippen molar-refractivity contribution in [3.8, 4) is 0 Å². The smallest absolute Gasteiger partial charge is 0.329 e. The van der Waals surface area contributed by atoms with Crippen molar-refractivity contribution in [1.82, 2.24) is 10.2 Å². The molecule has 0 radical (unpaired) electrons. The van der Waals surface area contributed by atoms with Crippen LogP contribution in [-0.4, -0.2) is 18.6 Å². The highest BCUT2D eigenvalue weighted by molar-refractivity contribution is 7.92. The van der Waals surface area contributed by atoms with Gasteiger partial charge in [-0.15, -0.1) is 5.10 Å². The van der Waals surface area contributed by atoms with E-state index in [0.717, 1.165) is 0 Å². The van der Waals surface area contributed by atoms with Gasteiger partial charge in [-0.3, -0.25) is 0 Å². The standard InChI is InChI=1S/C13H17N3O3S/c1-13(2,3)9-11-14-15-12(19-11)16-20(17,18)10-7-5-4-6-8-10/h4-8H,9H2,1-3H3,(H,15,16). The third-order valence-electron chi connectivity index (χ3n) is 2.42. The molecule has 0 fully saturated rings. The van der Waals surface area contributed by atoms with Crippen molar-refractivity contribution in [3.63, 3.8) is 0 Å². The maximum atomic E-state index is 12.1. The van der Waals surface area contributed by atoms with E-state index in [1.54, 1.807) is 18.2 Å². The summed E-state index contributed by atoms with van der Waals surface area (Å²) in [6, 6.07) is 7.91. The van der Waals surface area contributed by atoms with Crippen molar-refractivity contribution in [2.75, 3.05) is 4.72 Å². The number of aromatic nitrogens is 2. The van der Waals surface area contributed by atoms with Crippen molar-refractivity contribution in [2.45, 2.75) is 32.1 Å². The molecule has 108 valence electrons.